The Kier molecular flexibility index (Phi) is 6.84. The predicted octanol–water partition coefficient (Wildman–Crippen LogP) is 6.83. The molecule has 2 atom stereocenters. The van der Waals surface area contributed by atoms with Gasteiger partial charge in [-0.3, -0.25) is 0 Å². The van der Waals surface area contributed by atoms with E-state index in [4.69, 9.17) is 9.47 Å². The van der Waals surface area contributed by atoms with Crippen molar-refractivity contribution in [2.75, 3.05) is 6.61 Å². The highest BCUT2D eigenvalue weighted by molar-refractivity contribution is 5.65. The number of halogens is 2. The molecule has 0 amide bonds. The molecule has 0 saturated carbocycles. The molecule has 0 radical (unpaired) electrons. The second-order valence-corrected chi connectivity index (χ2v) is 7.15. The molecule has 1 heterocycles. The summed E-state index contributed by atoms with van der Waals surface area (Å²) in [5, 5.41) is 0. The van der Waals surface area contributed by atoms with Crippen LogP contribution in [0.1, 0.15) is 64.0 Å². The first-order chi connectivity index (χ1) is 13.1. The first kappa shape index (κ1) is 19.8. The summed E-state index contributed by atoms with van der Waals surface area (Å²) < 4.78 is 40.3. The van der Waals surface area contributed by atoms with E-state index in [1.54, 1.807) is 6.07 Å². The van der Waals surface area contributed by atoms with E-state index in [0.29, 0.717) is 18.3 Å². The molecule has 1 fully saturated rings. The van der Waals surface area contributed by atoms with Crippen LogP contribution in [-0.4, -0.2) is 12.7 Å². The van der Waals surface area contributed by atoms with Gasteiger partial charge in [-0.15, -0.1) is 0 Å². The van der Waals surface area contributed by atoms with Crippen molar-refractivity contribution in [3.63, 3.8) is 0 Å². The largest absolute Gasteiger partial charge is 0.490 e. The Morgan fingerprint density at radius 1 is 0.963 bits per heavy atom. The van der Waals surface area contributed by atoms with Gasteiger partial charge in [0.1, 0.15) is 0 Å². The fraction of sp³-hybridized carbons (Fsp3) is 0.478. The lowest BCUT2D eigenvalue weighted by molar-refractivity contribution is 0.0428. The third kappa shape index (κ3) is 4.67. The van der Waals surface area contributed by atoms with Crippen LogP contribution in [0.15, 0.2) is 36.4 Å². The molecule has 3 rings (SSSR count). The maximum Gasteiger partial charge on any atom is 0.201 e. The Labute approximate surface area is 160 Å². The lowest BCUT2D eigenvalue weighted by Crippen LogP contribution is -2.04. The normalized spacial score (nSPS) is 19.4. The number of ether oxygens (including phenoxy) is 2. The Hall–Kier alpha value is -1.94. The second kappa shape index (κ2) is 9.32. The monoisotopic (exact) mass is 374 g/mol. The van der Waals surface area contributed by atoms with Crippen LogP contribution in [0.2, 0.25) is 0 Å². The molecule has 1 aliphatic rings. The van der Waals surface area contributed by atoms with Gasteiger partial charge in [-0.05, 0) is 48.9 Å². The number of rotatable bonds is 8. The van der Waals surface area contributed by atoms with E-state index >= 15 is 0 Å². The molecule has 2 nitrogen and oxygen atoms in total. The number of hydrogen-bond donors (Lipinski definition) is 0. The highest BCUT2D eigenvalue weighted by Crippen LogP contribution is 2.35. The van der Waals surface area contributed by atoms with Crippen LogP contribution in [0, 0.1) is 11.6 Å². The van der Waals surface area contributed by atoms with Crippen molar-refractivity contribution in [2.24, 2.45) is 0 Å². The van der Waals surface area contributed by atoms with E-state index < -0.39 is 11.6 Å². The smallest absolute Gasteiger partial charge is 0.201 e. The Balaban J connectivity index is 1.71. The third-order valence-corrected chi connectivity index (χ3v) is 5.21. The molecule has 4 heteroatoms. The molecule has 0 bridgehead atoms. The molecule has 27 heavy (non-hydrogen) atoms. The van der Waals surface area contributed by atoms with Gasteiger partial charge in [-0.1, -0.05) is 51.0 Å². The zero-order valence-electron chi connectivity index (χ0n) is 16.1. The average Bonchev–Trinajstić information content (AvgIpc) is 3.18. The average molecular weight is 374 g/mol. The van der Waals surface area contributed by atoms with E-state index in [0.717, 1.165) is 44.1 Å². The van der Waals surface area contributed by atoms with Crippen LogP contribution in [0.4, 0.5) is 8.78 Å². The lowest BCUT2D eigenvalue weighted by Gasteiger charge is -2.14. The molecular weight excluding hydrogens is 346 g/mol. The molecule has 0 spiro atoms. The molecule has 0 aromatic heterocycles. The molecule has 2 aromatic rings. The maximum atomic E-state index is 14.5. The van der Waals surface area contributed by atoms with Gasteiger partial charge in [0.25, 0.3) is 0 Å². The van der Waals surface area contributed by atoms with E-state index in [-0.39, 0.29) is 17.4 Å². The van der Waals surface area contributed by atoms with Crippen LogP contribution in [0.5, 0.6) is 5.75 Å². The minimum atomic E-state index is -0.919. The van der Waals surface area contributed by atoms with Crippen LogP contribution in [-0.2, 0) is 4.74 Å². The molecule has 2 aromatic carbocycles. The lowest BCUT2D eigenvalue weighted by atomic mass is 10.00. The van der Waals surface area contributed by atoms with Crippen molar-refractivity contribution >= 4 is 0 Å². The second-order valence-electron chi connectivity index (χ2n) is 7.15. The summed E-state index contributed by atoms with van der Waals surface area (Å²) in [5.41, 5.74) is 1.99. The number of hydrogen-bond acceptors (Lipinski definition) is 2. The first-order valence-corrected chi connectivity index (χ1v) is 10.0. The zero-order valence-corrected chi connectivity index (χ0v) is 16.1. The van der Waals surface area contributed by atoms with Gasteiger partial charge in [-0.2, -0.15) is 4.39 Å². The molecule has 1 aliphatic heterocycles. The van der Waals surface area contributed by atoms with Crippen molar-refractivity contribution in [1.82, 2.24) is 0 Å². The van der Waals surface area contributed by atoms with Gasteiger partial charge in [0.2, 0.25) is 5.82 Å². The maximum absolute atomic E-state index is 14.5. The van der Waals surface area contributed by atoms with Crippen molar-refractivity contribution in [1.29, 1.82) is 0 Å². The Bertz CT molecular complexity index is 743. The van der Waals surface area contributed by atoms with Crippen LogP contribution >= 0.6 is 0 Å². The predicted molar refractivity (Wildman–Crippen MR) is 104 cm³/mol. The summed E-state index contributed by atoms with van der Waals surface area (Å²) in [5.74, 6) is -1.80. The zero-order chi connectivity index (χ0) is 19.2. The van der Waals surface area contributed by atoms with Crippen molar-refractivity contribution < 1.29 is 18.3 Å². The molecule has 1 saturated heterocycles. The summed E-state index contributed by atoms with van der Waals surface area (Å²) >= 11 is 0. The first-order valence-electron chi connectivity index (χ1n) is 10.0. The van der Waals surface area contributed by atoms with Crippen molar-refractivity contribution in [3.8, 4) is 16.9 Å². The summed E-state index contributed by atoms with van der Waals surface area (Å²) in [4.78, 5) is 0. The Morgan fingerprint density at radius 2 is 1.74 bits per heavy atom. The minimum Gasteiger partial charge on any atom is -0.490 e. The van der Waals surface area contributed by atoms with Gasteiger partial charge in [0, 0.05) is 5.56 Å². The molecular formula is C23H28F2O2. The van der Waals surface area contributed by atoms with Crippen LogP contribution < -0.4 is 4.74 Å². The molecule has 0 aliphatic carbocycles. The van der Waals surface area contributed by atoms with E-state index in [1.165, 1.54) is 6.07 Å². The summed E-state index contributed by atoms with van der Waals surface area (Å²) in [6.45, 7) is 4.62. The summed E-state index contributed by atoms with van der Waals surface area (Å²) in [6, 6.07) is 10.7. The summed E-state index contributed by atoms with van der Waals surface area (Å²) in [6.07, 6.45) is 6.43. The standard InChI is InChI=1S/C23H28F2O2/c1-3-5-6-15-26-21-14-12-19(22(24)23(21)25)16-7-9-17(10-8-16)20-13-11-18(4-2)27-20/h7-10,12,14,18,20H,3-6,11,13,15H2,1-2H3. The summed E-state index contributed by atoms with van der Waals surface area (Å²) in [7, 11) is 0. The molecule has 2 unspecified atom stereocenters. The van der Waals surface area contributed by atoms with Gasteiger partial charge in [0.15, 0.2) is 11.6 Å². The van der Waals surface area contributed by atoms with E-state index in [9.17, 15) is 8.78 Å². The Morgan fingerprint density at radius 3 is 2.41 bits per heavy atom. The molecule has 146 valence electrons. The van der Waals surface area contributed by atoms with Gasteiger partial charge in [-0.25, -0.2) is 4.39 Å². The van der Waals surface area contributed by atoms with Crippen molar-refractivity contribution in [3.05, 3.63) is 53.6 Å². The third-order valence-electron chi connectivity index (χ3n) is 5.21. The van der Waals surface area contributed by atoms with Gasteiger partial charge in [0.05, 0.1) is 18.8 Å². The quantitative estimate of drug-likeness (QED) is 0.471. The van der Waals surface area contributed by atoms with Crippen molar-refractivity contribution in [2.45, 2.75) is 64.6 Å². The number of unbranched alkanes of at least 4 members (excludes halogenated alkanes) is 2. The van der Waals surface area contributed by atoms with Crippen LogP contribution in [0.3, 0.4) is 0 Å². The fourth-order valence-corrected chi connectivity index (χ4v) is 3.53. The number of benzene rings is 2. The SMILES string of the molecule is CCCCCOc1ccc(-c2ccc(C3CCC(CC)O3)cc2)c(F)c1F. The van der Waals surface area contributed by atoms with Gasteiger partial charge >= 0.3 is 0 Å². The van der Waals surface area contributed by atoms with Crippen LogP contribution in [0.25, 0.3) is 11.1 Å². The highest BCUT2D eigenvalue weighted by atomic mass is 19.2. The topological polar surface area (TPSA) is 18.5 Å². The van der Waals surface area contributed by atoms with Gasteiger partial charge < -0.3 is 9.47 Å². The fourth-order valence-electron chi connectivity index (χ4n) is 3.53. The van der Waals surface area contributed by atoms with E-state index in [2.05, 4.69) is 13.8 Å². The highest BCUT2D eigenvalue weighted by Gasteiger charge is 2.25. The van der Waals surface area contributed by atoms with E-state index in [1.807, 2.05) is 24.3 Å². The molecule has 0 N–H and O–H groups in total. The minimum absolute atomic E-state index is 0.0195.